The fourth-order valence-corrected chi connectivity index (χ4v) is 6.01. The fraction of sp³-hybridized carbons (Fsp3) is 0.222. The van der Waals surface area contributed by atoms with Crippen LogP contribution in [0.2, 0.25) is 0 Å². The van der Waals surface area contributed by atoms with E-state index < -0.39 is 34.4 Å². The number of furan rings is 1. The van der Waals surface area contributed by atoms with Crippen molar-refractivity contribution in [1.29, 1.82) is 0 Å². The molecule has 0 radical (unpaired) electrons. The Bertz CT molecular complexity index is 1550. The SMILES string of the molecule is CN(C(=O)COC(=O)/C=C/c1cn(-c2ccccc2)nc1-c1cc2ccccc2o1)[C@H]1CCS(=O)(=O)C1. The van der Waals surface area contributed by atoms with Crippen molar-refractivity contribution in [2.45, 2.75) is 12.5 Å². The maximum Gasteiger partial charge on any atom is 0.331 e. The minimum Gasteiger partial charge on any atom is -0.454 e. The van der Waals surface area contributed by atoms with Gasteiger partial charge in [-0.2, -0.15) is 5.10 Å². The topological polar surface area (TPSA) is 112 Å². The van der Waals surface area contributed by atoms with Crippen molar-refractivity contribution in [3.8, 4) is 17.1 Å². The molecule has 190 valence electrons. The molecule has 1 aliphatic heterocycles. The summed E-state index contributed by atoms with van der Waals surface area (Å²) in [5.74, 6) is -0.624. The molecular formula is C27H25N3O6S. The van der Waals surface area contributed by atoms with Gasteiger partial charge < -0.3 is 14.1 Å². The lowest BCUT2D eigenvalue weighted by Gasteiger charge is -2.22. The van der Waals surface area contributed by atoms with Crippen molar-refractivity contribution in [1.82, 2.24) is 14.7 Å². The highest BCUT2D eigenvalue weighted by Crippen LogP contribution is 2.30. The molecule has 9 nitrogen and oxygen atoms in total. The van der Waals surface area contributed by atoms with E-state index in [1.807, 2.05) is 60.7 Å². The molecule has 1 fully saturated rings. The van der Waals surface area contributed by atoms with E-state index in [9.17, 15) is 18.0 Å². The number of carbonyl (C=O) groups excluding carboxylic acids is 2. The lowest BCUT2D eigenvalue weighted by molar-refractivity contribution is -0.148. The van der Waals surface area contributed by atoms with E-state index >= 15 is 0 Å². The Morgan fingerprint density at radius 1 is 1.16 bits per heavy atom. The number of hydrogen-bond acceptors (Lipinski definition) is 7. The zero-order valence-corrected chi connectivity index (χ0v) is 20.9. The van der Waals surface area contributed by atoms with Gasteiger partial charge >= 0.3 is 5.97 Å². The second kappa shape index (κ2) is 10.1. The van der Waals surface area contributed by atoms with Gasteiger partial charge in [-0.05, 0) is 36.8 Å². The van der Waals surface area contributed by atoms with Gasteiger partial charge in [0.05, 0.1) is 17.2 Å². The number of ether oxygens (including phenoxy) is 1. The fourth-order valence-electron chi connectivity index (χ4n) is 4.24. The van der Waals surface area contributed by atoms with Crippen LogP contribution in [0.25, 0.3) is 34.2 Å². The number of carbonyl (C=O) groups is 2. The van der Waals surface area contributed by atoms with Gasteiger partial charge in [0.15, 0.2) is 22.2 Å². The molecule has 0 unspecified atom stereocenters. The number of benzene rings is 2. The lowest BCUT2D eigenvalue weighted by atomic mass is 10.2. The molecule has 1 aliphatic rings. The van der Waals surface area contributed by atoms with E-state index in [0.717, 1.165) is 16.7 Å². The summed E-state index contributed by atoms with van der Waals surface area (Å²) >= 11 is 0. The highest BCUT2D eigenvalue weighted by Gasteiger charge is 2.32. The first-order valence-corrected chi connectivity index (χ1v) is 13.6. The Morgan fingerprint density at radius 2 is 1.92 bits per heavy atom. The predicted molar refractivity (Wildman–Crippen MR) is 139 cm³/mol. The van der Waals surface area contributed by atoms with Gasteiger partial charge in [-0.3, -0.25) is 4.79 Å². The van der Waals surface area contributed by atoms with Crippen molar-refractivity contribution in [3.63, 3.8) is 0 Å². The van der Waals surface area contributed by atoms with Crippen molar-refractivity contribution in [2.24, 2.45) is 0 Å². The average Bonchev–Trinajstić information content (AvgIpc) is 3.62. The third-order valence-electron chi connectivity index (χ3n) is 6.31. The summed E-state index contributed by atoms with van der Waals surface area (Å²) in [4.78, 5) is 26.2. The molecule has 1 atom stereocenters. The maximum atomic E-state index is 12.4. The van der Waals surface area contributed by atoms with Crippen molar-refractivity contribution in [3.05, 3.63) is 78.5 Å². The minimum atomic E-state index is -3.13. The smallest absolute Gasteiger partial charge is 0.331 e. The van der Waals surface area contributed by atoms with Gasteiger partial charge in [-0.15, -0.1) is 0 Å². The normalized spacial score (nSPS) is 16.8. The Kier molecular flexibility index (Phi) is 6.66. The number of nitrogens with zero attached hydrogens (tertiary/aromatic N) is 3. The number of para-hydroxylation sites is 2. The number of aromatic nitrogens is 2. The summed E-state index contributed by atoms with van der Waals surface area (Å²) < 4.78 is 36.2. The van der Waals surface area contributed by atoms with Gasteiger partial charge in [0, 0.05) is 36.3 Å². The van der Waals surface area contributed by atoms with E-state index in [2.05, 4.69) is 5.10 Å². The second-order valence-electron chi connectivity index (χ2n) is 8.86. The van der Waals surface area contributed by atoms with Crippen LogP contribution in [-0.2, 0) is 24.2 Å². The quantitative estimate of drug-likeness (QED) is 0.271. The minimum absolute atomic E-state index is 0.0576. The zero-order valence-electron chi connectivity index (χ0n) is 20.1. The second-order valence-corrected chi connectivity index (χ2v) is 11.1. The highest BCUT2D eigenvalue weighted by atomic mass is 32.2. The number of amides is 1. The largest absolute Gasteiger partial charge is 0.454 e. The van der Waals surface area contributed by atoms with Crippen molar-refractivity contribution < 1.29 is 27.2 Å². The maximum absolute atomic E-state index is 12.4. The van der Waals surface area contributed by atoms with Crippen LogP contribution in [0.4, 0.5) is 0 Å². The summed E-state index contributed by atoms with van der Waals surface area (Å²) in [6.45, 7) is -0.476. The summed E-state index contributed by atoms with van der Waals surface area (Å²) in [5.41, 5.74) is 2.73. The van der Waals surface area contributed by atoms with Crippen LogP contribution in [-0.4, -0.2) is 66.2 Å². The Morgan fingerprint density at radius 3 is 2.65 bits per heavy atom. The number of hydrogen-bond donors (Lipinski definition) is 0. The Balaban J connectivity index is 1.32. The van der Waals surface area contributed by atoms with Crippen molar-refractivity contribution in [2.75, 3.05) is 25.2 Å². The van der Waals surface area contributed by atoms with E-state index in [-0.39, 0.29) is 11.5 Å². The molecule has 4 aromatic rings. The molecule has 0 bridgehead atoms. The number of likely N-dealkylation sites (N-methyl/N-ethyl adjacent to an activating group) is 1. The van der Waals surface area contributed by atoms with Gasteiger partial charge in [0.2, 0.25) is 0 Å². The average molecular weight is 520 g/mol. The van der Waals surface area contributed by atoms with Crippen LogP contribution >= 0.6 is 0 Å². The molecule has 1 amide bonds. The predicted octanol–water partition coefficient (Wildman–Crippen LogP) is 3.49. The number of rotatable bonds is 7. The highest BCUT2D eigenvalue weighted by molar-refractivity contribution is 7.91. The molecule has 1 saturated heterocycles. The van der Waals surface area contributed by atoms with Crippen LogP contribution < -0.4 is 0 Å². The van der Waals surface area contributed by atoms with Gasteiger partial charge in [-0.25, -0.2) is 17.9 Å². The lowest BCUT2D eigenvalue weighted by Crippen LogP contribution is -2.40. The molecule has 2 aromatic heterocycles. The van der Waals surface area contributed by atoms with E-state index in [0.29, 0.717) is 23.4 Å². The summed E-state index contributed by atoms with van der Waals surface area (Å²) in [6, 6.07) is 18.7. The van der Waals surface area contributed by atoms with Crippen LogP contribution in [0.5, 0.6) is 0 Å². The number of sulfone groups is 1. The molecule has 0 saturated carbocycles. The van der Waals surface area contributed by atoms with E-state index in [4.69, 9.17) is 9.15 Å². The first-order valence-electron chi connectivity index (χ1n) is 11.7. The first kappa shape index (κ1) is 24.5. The summed E-state index contributed by atoms with van der Waals surface area (Å²) in [5, 5.41) is 5.62. The third-order valence-corrected chi connectivity index (χ3v) is 8.06. The van der Waals surface area contributed by atoms with Gasteiger partial charge in [0.25, 0.3) is 5.91 Å². The number of esters is 1. The molecule has 3 heterocycles. The van der Waals surface area contributed by atoms with E-state index in [1.54, 1.807) is 17.0 Å². The molecule has 37 heavy (non-hydrogen) atoms. The van der Waals surface area contributed by atoms with Gasteiger partial charge in [0.1, 0.15) is 11.3 Å². The van der Waals surface area contributed by atoms with E-state index in [1.165, 1.54) is 18.0 Å². The summed E-state index contributed by atoms with van der Waals surface area (Å²) in [7, 11) is -1.60. The molecule has 5 rings (SSSR count). The standard InChI is InChI=1S/C27H25N3O6S/c1-29(22-13-14-37(33,34)18-22)25(31)17-35-26(32)12-11-20-16-30(21-8-3-2-4-9-21)28-27(20)24-15-19-7-5-6-10-23(19)36-24/h2-12,15-16,22H,13-14,17-18H2,1H3/b12-11+/t22-/m0/s1. The van der Waals surface area contributed by atoms with Crippen molar-refractivity contribution >= 4 is 38.8 Å². The third kappa shape index (κ3) is 5.49. The molecule has 0 N–H and O–H groups in total. The Labute approximate surface area is 213 Å². The molecule has 0 aliphatic carbocycles. The molecule has 0 spiro atoms. The van der Waals surface area contributed by atoms with Crippen LogP contribution in [0.15, 0.2) is 77.4 Å². The van der Waals surface area contributed by atoms with Gasteiger partial charge in [-0.1, -0.05) is 36.4 Å². The molecule has 10 heteroatoms. The Hall–Kier alpha value is -4.18. The number of fused-ring (bicyclic) bond motifs is 1. The molecule has 2 aromatic carbocycles. The first-order chi connectivity index (χ1) is 17.8. The monoisotopic (exact) mass is 519 g/mol. The van der Waals surface area contributed by atoms with Crippen LogP contribution in [0, 0.1) is 0 Å². The summed E-state index contributed by atoms with van der Waals surface area (Å²) in [6.07, 6.45) is 4.95. The van der Waals surface area contributed by atoms with Crippen LogP contribution in [0.1, 0.15) is 12.0 Å². The zero-order chi connectivity index (χ0) is 26.0. The molecular weight excluding hydrogens is 494 g/mol. The van der Waals surface area contributed by atoms with Crippen LogP contribution in [0.3, 0.4) is 0 Å².